The van der Waals surface area contributed by atoms with E-state index in [1.165, 1.54) is 32.9 Å². The maximum Gasteiger partial charge on any atom is 0.248 e. The van der Waals surface area contributed by atoms with Crippen LogP contribution in [0.5, 0.6) is 0 Å². The lowest BCUT2D eigenvalue weighted by atomic mass is 10.0. The van der Waals surface area contributed by atoms with Gasteiger partial charge in [-0.3, -0.25) is 0 Å². The molecule has 0 bridgehead atoms. The smallest absolute Gasteiger partial charge is 0.248 e. The van der Waals surface area contributed by atoms with Gasteiger partial charge in [0.25, 0.3) is 0 Å². The molecule has 7 rings (SSSR count). The summed E-state index contributed by atoms with van der Waals surface area (Å²) in [7, 11) is 0. The van der Waals surface area contributed by atoms with Crippen LogP contribution >= 0.6 is 0 Å². The minimum absolute atomic E-state index is 0.513. The Morgan fingerprint density at radius 1 is 0.622 bits per heavy atom. The minimum atomic E-state index is 0.513. The van der Waals surface area contributed by atoms with Gasteiger partial charge in [-0.2, -0.15) is 0 Å². The van der Waals surface area contributed by atoms with Crippen LogP contribution in [0, 0.1) is 0 Å². The predicted molar refractivity (Wildman–Crippen MR) is 150 cm³/mol. The normalized spacial score (nSPS) is 13.2. The summed E-state index contributed by atoms with van der Waals surface area (Å²) in [4.78, 5) is 0. The number of allylic oxidation sites excluding steroid dienone is 6. The van der Waals surface area contributed by atoms with Crippen molar-refractivity contribution in [3.05, 3.63) is 133 Å². The van der Waals surface area contributed by atoms with Crippen molar-refractivity contribution >= 4 is 27.4 Å². The van der Waals surface area contributed by atoms with Crippen LogP contribution in [0.3, 0.4) is 0 Å². The summed E-state index contributed by atoms with van der Waals surface area (Å²) in [6.07, 6.45) is 11.1. The molecule has 37 heavy (non-hydrogen) atoms. The van der Waals surface area contributed by atoms with Crippen LogP contribution in [0.2, 0.25) is 0 Å². The van der Waals surface area contributed by atoms with E-state index in [0.29, 0.717) is 11.8 Å². The first kappa shape index (κ1) is 21.3. The lowest BCUT2D eigenvalue weighted by Gasteiger charge is -2.09. The van der Waals surface area contributed by atoms with Crippen LogP contribution in [-0.4, -0.2) is 14.8 Å². The van der Waals surface area contributed by atoms with E-state index in [4.69, 9.17) is 4.42 Å². The van der Waals surface area contributed by atoms with Gasteiger partial charge in [-0.25, -0.2) is 0 Å². The first-order valence-corrected chi connectivity index (χ1v) is 12.4. The molecule has 0 saturated carbocycles. The molecule has 0 spiro atoms. The van der Waals surface area contributed by atoms with Gasteiger partial charge in [0.2, 0.25) is 11.8 Å². The fourth-order valence-corrected chi connectivity index (χ4v) is 4.99. The van der Waals surface area contributed by atoms with Crippen molar-refractivity contribution in [3.8, 4) is 28.3 Å². The molecule has 6 aromatic rings. The summed E-state index contributed by atoms with van der Waals surface area (Å²) >= 11 is 0. The maximum absolute atomic E-state index is 6.01. The minimum Gasteiger partial charge on any atom is -0.416 e. The average molecular weight is 478 g/mol. The number of benzene rings is 4. The second-order valence-electron chi connectivity index (χ2n) is 9.10. The molecule has 2 heterocycles. The van der Waals surface area contributed by atoms with Crippen LogP contribution in [0.25, 0.3) is 55.6 Å². The van der Waals surface area contributed by atoms with Gasteiger partial charge in [-0.1, -0.05) is 78.9 Å². The summed E-state index contributed by atoms with van der Waals surface area (Å²) in [6, 6.07) is 34.1. The number of para-hydroxylation sites is 1. The number of rotatable bonds is 4. The molecule has 4 nitrogen and oxygen atoms in total. The highest BCUT2D eigenvalue weighted by atomic mass is 16.4. The Kier molecular flexibility index (Phi) is 5.14. The zero-order valence-corrected chi connectivity index (χ0v) is 20.1. The number of hydrogen-bond donors (Lipinski definition) is 0. The third kappa shape index (κ3) is 3.80. The molecule has 1 aliphatic carbocycles. The van der Waals surface area contributed by atoms with Crippen LogP contribution in [0.4, 0.5) is 0 Å². The second kappa shape index (κ2) is 8.92. The Morgan fingerprint density at radius 2 is 1.38 bits per heavy atom. The number of fused-ring (bicyclic) bond motifs is 3. The molecule has 4 heteroatoms. The van der Waals surface area contributed by atoms with E-state index >= 15 is 0 Å². The van der Waals surface area contributed by atoms with Gasteiger partial charge in [0.15, 0.2) is 0 Å². The van der Waals surface area contributed by atoms with Gasteiger partial charge >= 0.3 is 0 Å². The fraction of sp³-hybridized carbons (Fsp3) is 0.0303. The number of aromatic nitrogens is 3. The monoisotopic (exact) mass is 477 g/mol. The molecule has 176 valence electrons. The molecule has 0 unspecified atom stereocenters. The Labute approximate surface area is 214 Å². The number of hydrogen-bond acceptors (Lipinski definition) is 3. The van der Waals surface area contributed by atoms with E-state index in [1.54, 1.807) is 0 Å². The van der Waals surface area contributed by atoms with Gasteiger partial charge < -0.3 is 8.98 Å². The molecule has 2 aromatic heterocycles. The highest BCUT2D eigenvalue weighted by Crippen LogP contribution is 2.35. The van der Waals surface area contributed by atoms with Crippen molar-refractivity contribution in [2.75, 3.05) is 0 Å². The third-order valence-corrected chi connectivity index (χ3v) is 6.81. The average Bonchev–Trinajstić information content (AvgIpc) is 3.47. The van der Waals surface area contributed by atoms with Crippen LogP contribution in [-0.2, 0) is 0 Å². The van der Waals surface area contributed by atoms with Crippen molar-refractivity contribution < 1.29 is 4.42 Å². The van der Waals surface area contributed by atoms with Crippen LogP contribution in [0.15, 0.2) is 132 Å². The van der Waals surface area contributed by atoms with Crippen molar-refractivity contribution in [2.45, 2.75) is 6.42 Å². The Hall–Kier alpha value is -4.96. The molecule has 4 aromatic carbocycles. The van der Waals surface area contributed by atoms with Crippen molar-refractivity contribution in [2.24, 2.45) is 0 Å². The van der Waals surface area contributed by atoms with E-state index in [-0.39, 0.29) is 0 Å². The molecule has 0 saturated heterocycles. The molecular formula is C33H23N3O. The largest absolute Gasteiger partial charge is 0.416 e. The topological polar surface area (TPSA) is 43.9 Å². The van der Waals surface area contributed by atoms with E-state index < -0.39 is 0 Å². The summed E-state index contributed by atoms with van der Waals surface area (Å²) in [5, 5.41) is 11.0. The fourth-order valence-electron chi connectivity index (χ4n) is 4.99. The highest BCUT2D eigenvalue weighted by Gasteiger charge is 2.15. The van der Waals surface area contributed by atoms with Gasteiger partial charge in [-0.15, -0.1) is 10.2 Å². The van der Waals surface area contributed by atoms with Gasteiger partial charge in [0, 0.05) is 27.6 Å². The van der Waals surface area contributed by atoms with Crippen LogP contribution in [0.1, 0.15) is 12.3 Å². The SMILES string of the molecule is C1=CCC=CC(c2nnc(-c3ccc(-n4c5ccccc5c5cc(-c6ccccc6)ccc54)cc3)o2)=C1. The summed E-state index contributed by atoms with van der Waals surface area (Å²) in [5.74, 6) is 1.04. The maximum atomic E-state index is 6.01. The first-order valence-electron chi connectivity index (χ1n) is 12.4. The first-order chi connectivity index (χ1) is 18.3. The molecule has 0 amide bonds. The van der Waals surface area contributed by atoms with E-state index in [9.17, 15) is 0 Å². The van der Waals surface area contributed by atoms with Crippen molar-refractivity contribution in [1.29, 1.82) is 0 Å². The van der Waals surface area contributed by atoms with Crippen molar-refractivity contribution in [3.63, 3.8) is 0 Å². The number of nitrogens with zero attached hydrogens (tertiary/aromatic N) is 3. The van der Waals surface area contributed by atoms with E-state index in [1.807, 2.05) is 30.4 Å². The van der Waals surface area contributed by atoms with E-state index in [0.717, 1.165) is 23.2 Å². The predicted octanol–water partition coefficient (Wildman–Crippen LogP) is 8.40. The van der Waals surface area contributed by atoms with Gasteiger partial charge in [0.1, 0.15) is 0 Å². The Bertz CT molecular complexity index is 1830. The highest BCUT2D eigenvalue weighted by molar-refractivity contribution is 6.10. The Morgan fingerprint density at radius 3 is 2.27 bits per heavy atom. The van der Waals surface area contributed by atoms with Gasteiger partial charge in [0.05, 0.1) is 11.0 Å². The second-order valence-corrected chi connectivity index (χ2v) is 9.10. The molecular weight excluding hydrogens is 454 g/mol. The van der Waals surface area contributed by atoms with Crippen molar-refractivity contribution in [1.82, 2.24) is 14.8 Å². The summed E-state index contributed by atoms with van der Waals surface area (Å²) in [5.41, 5.74) is 7.68. The molecule has 0 atom stereocenters. The lowest BCUT2D eigenvalue weighted by Crippen LogP contribution is -1.93. The third-order valence-electron chi connectivity index (χ3n) is 6.81. The molecule has 0 aliphatic heterocycles. The summed E-state index contributed by atoms with van der Waals surface area (Å²) < 4.78 is 8.32. The molecule has 0 N–H and O–H groups in total. The lowest BCUT2D eigenvalue weighted by molar-refractivity contribution is 0.554. The van der Waals surface area contributed by atoms with E-state index in [2.05, 4.69) is 112 Å². The zero-order chi connectivity index (χ0) is 24.6. The quantitative estimate of drug-likeness (QED) is 0.256. The van der Waals surface area contributed by atoms with Crippen LogP contribution < -0.4 is 0 Å². The Balaban J connectivity index is 1.29. The molecule has 0 fully saturated rings. The molecule has 0 radical (unpaired) electrons. The molecule has 1 aliphatic rings. The van der Waals surface area contributed by atoms with Gasteiger partial charge in [-0.05, 0) is 66.1 Å². The zero-order valence-electron chi connectivity index (χ0n) is 20.1. The standard InChI is InChI=1S/C33H23N3O/c1-2-5-13-24(12-4-1)32-34-35-33(37-32)25-16-19-27(20-17-25)36-30-15-9-8-14-28(30)29-22-26(18-21-31(29)36)23-10-6-3-7-11-23/h1,3-22H,2H2. The summed E-state index contributed by atoms with van der Waals surface area (Å²) in [6.45, 7) is 0.